The van der Waals surface area contributed by atoms with Crippen LogP contribution in [0.2, 0.25) is 31.7 Å². The molecule has 3 nitrogen and oxygen atoms in total. The van der Waals surface area contributed by atoms with Crippen LogP contribution >= 0.6 is 0 Å². The fourth-order valence-corrected chi connectivity index (χ4v) is 16.2. The standard InChI is InChI=1S/C26H54O3Si2/c1-7-9-11-13-15-19-23-31(30(4,5)6,24-20-16-14-12-10-8-2)29-22-18-17-21-25(3)26(27)28/h3,7-24H2,1-2,4-6H3,(H,27,28). The van der Waals surface area contributed by atoms with E-state index in [4.69, 9.17) is 9.53 Å². The summed E-state index contributed by atoms with van der Waals surface area (Å²) in [5, 5.41) is 9.00. The van der Waals surface area contributed by atoms with Crippen molar-refractivity contribution in [2.24, 2.45) is 0 Å². The molecule has 0 rings (SSSR count). The third-order valence-corrected chi connectivity index (χ3v) is 22.7. The zero-order chi connectivity index (χ0) is 23.6. The Labute approximate surface area is 196 Å². The highest BCUT2D eigenvalue weighted by molar-refractivity contribution is 7.38. The van der Waals surface area contributed by atoms with Gasteiger partial charge in [-0.2, -0.15) is 0 Å². The van der Waals surface area contributed by atoms with Crippen molar-refractivity contribution in [3.8, 4) is 0 Å². The molecule has 0 aromatic rings. The van der Waals surface area contributed by atoms with Gasteiger partial charge in [-0.15, -0.1) is 0 Å². The molecule has 0 bridgehead atoms. The van der Waals surface area contributed by atoms with Crippen LogP contribution in [0.3, 0.4) is 0 Å². The number of carboxylic acid groups (broad SMARTS) is 1. The molecule has 0 aliphatic rings. The van der Waals surface area contributed by atoms with Crippen molar-refractivity contribution in [3.63, 3.8) is 0 Å². The molecule has 0 unspecified atom stereocenters. The Morgan fingerprint density at radius 2 is 1.19 bits per heavy atom. The molecule has 31 heavy (non-hydrogen) atoms. The van der Waals surface area contributed by atoms with Crippen LogP contribution < -0.4 is 0 Å². The van der Waals surface area contributed by atoms with Gasteiger partial charge in [0, 0.05) is 12.2 Å². The van der Waals surface area contributed by atoms with Gasteiger partial charge in [0.15, 0.2) is 7.83 Å². The minimum atomic E-state index is -1.73. The smallest absolute Gasteiger partial charge is 0.330 e. The first-order valence-electron chi connectivity index (χ1n) is 13.2. The van der Waals surface area contributed by atoms with Gasteiger partial charge in [-0.1, -0.05) is 117 Å². The minimum absolute atomic E-state index is 0.327. The average Bonchev–Trinajstić information content (AvgIpc) is 2.71. The maximum atomic E-state index is 11.0. The van der Waals surface area contributed by atoms with E-state index in [1.165, 1.54) is 89.1 Å². The van der Waals surface area contributed by atoms with Crippen LogP contribution in [0.4, 0.5) is 0 Å². The molecule has 0 radical (unpaired) electrons. The Hall–Kier alpha value is -0.396. The molecule has 184 valence electrons. The Morgan fingerprint density at radius 1 is 0.742 bits per heavy atom. The van der Waals surface area contributed by atoms with E-state index in [9.17, 15) is 4.79 Å². The zero-order valence-electron chi connectivity index (χ0n) is 21.7. The number of carboxylic acids is 1. The van der Waals surface area contributed by atoms with E-state index in [0.29, 0.717) is 12.0 Å². The summed E-state index contributed by atoms with van der Waals surface area (Å²) in [6.45, 7) is 16.7. The summed E-state index contributed by atoms with van der Waals surface area (Å²) in [6, 6.07) is 2.68. The first kappa shape index (κ1) is 30.6. The third-order valence-electron chi connectivity index (χ3n) is 6.79. The quantitative estimate of drug-likeness (QED) is 0.0975. The van der Waals surface area contributed by atoms with Crippen LogP contribution in [0.5, 0.6) is 0 Å². The third kappa shape index (κ3) is 14.4. The van der Waals surface area contributed by atoms with Gasteiger partial charge in [0.25, 0.3) is 0 Å². The van der Waals surface area contributed by atoms with E-state index in [1.54, 1.807) is 0 Å². The van der Waals surface area contributed by atoms with Crippen molar-refractivity contribution in [2.75, 3.05) is 6.61 Å². The van der Waals surface area contributed by atoms with Crippen LogP contribution in [0.15, 0.2) is 12.2 Å². The highest BCUT2D eigenvalue weighted by atomic mass is 29.3. The molecule has 5 heteroatoms. The summed E-state index contributed by atoms with van der Waals surface area (Å²) in [4.78, 5) is 11.0. The van der Waals surface area contributed by atoms with Crippen molar-refractivity contribution in [1.82, 2.24) is 0 Å². The first-order valence-corrected chi connectivity index (χ1v) is 20.1. The Morgan fingerprint density at radius 3 is 1.61 bits per heavy atom. The lowest BCUT2D eigenvalue weighted by molar-refractivity contribution is -0.132. The molecule has 0 amide bonds. The van der Waals surface area contributed by atoms with E-state index < -0.39 is 21.4 Å². The molecule has 0 aromatic heterocycles. The van der Waals surface area contributed by atoms with Gasteiger partial charge in [0.1, 0.15) is 0 Å². The fraction of sp³-hybridized carbons (Fsp3) is 0.885. The van der Waals surface area contributed by atoms with Crippen molar-refractivity contribution in [1.29, 1.82) is 0 Å². The lowest BCUT2D eigenvalue weighted by atomic mass is 10.1. The van der Waals surface area contributed by atoms with Crippen LogP contribution in [-0.2, 0) is 9.22 Å². The second-order valence-corrected chi connectivity index (χ2v) is 25.5. The van der Waals surface area contributed by atoms with Crippen molar-refractivity contribution in [3.05, 3.63) is 12.2 Å². The van der Waals surface area contributed by atoms with Crippen LogP contribution in [0, 0.1) is 0 Å². The number of hydrogen-bond donors (Lipinski definition) is 1. The number of hydrogen-bond acceptors (Lipinski definition) is 2. The molecule has 0 spiro atoms. The van der Waals surface area contributed by atoms with Gasteiger partial charge in [-0.3, -0.25) is 0 Å². The monoisotopic (exact) mass is 470 g/mol. The summed E-state index contributed by atoms with van der Waals surface area (Å²) in [5.41, 5.74) is 0.327. The topological polar surface area (TPSA) is 46.5 Å². The van der Waals surface area contributed by atoms with Crippen molar-refractivity contribution < 1.29 is 14.3 Å². The molecule has 0 aliphatic carbocycles. The van der Waals surface area contributed by atoms with Gasteiger partial charge >= 0.3 is 5.97 Å². The number of carbonyl (C=O) groups is 1. The summed E-state index contributed by atoms with van der Waals surface area (Å²) in [6.07, 6.45) is 18.7. The SMILES string of the molecule is C=C(CCCCO[Si](CCCCCCCC)(CCCCCCCC)[Si](C)(C)C)C(=O)O. The summed E-state index contributed by atoms with van der Waals surface area (Å²) < 4.78 is 6.92. The van der Waals surface area contributed by atoms with Gasteiger partial charge in [0.05, 0.1) is 7.59 Å². The van der Waals surface area contributed by atoms with Gasteiger partial charge in [-0.25, -0.2) is 4.79 Å². The van der Waals surface area contributed by atoms with Crippen LogP contribution in [-0.4, -0.2) is 33.1 Å². The molecule has 0 saturated heterocycles. The molecule has 0 aromatic carbocycles. The van der Waals surface area contributed by atoms with E-state index in [-0.39, 0.29) is 0 Å². The average molecular weight is 471 g/mol. The molecule has 0 fully saturated rings. The predicted molar refractivity (Wildman–Crippen MR) is 142 cm³/mol. The van der Waals surface area contributed by atoms with Crippen LogP contribution in [0.25, 0.3) is 0 Å². The number of aliphatic carboxylic acids is 1. The highest BCUT2D eigenvalue weighted by Crippen LogP contribution is 2.33. The maximum Gasteiger partial charge on any atom is 0.330 e. The molecule has 0 saturated carbocycles. The van der Waals surface area contributed by atoms with E-state index in [0.717, 1.165) is 19.4 Å². The molecular weight excluding hydrogens is 416 g/mol. The normalized spacial score (nSPS) is 12.3. The van der Waals surface area contributed by atoms with Gasteiger partial charge < -0.3 is 9.53 Å². The molecule has 0 heterocycles. The predicted octanol–water partition coefficient (Wildman–Crippen LogP) is 8.90. The summed E-state index contributed by atoms with van der Waals surface area (Å²) >= 11 is 0. The van der Waals surface area contributed by atoms with Crippen molar-refractivity contribution >= 4 is 21.4 Å². The minimum Gasteiger partial charge on any atom is -0.478 e. The fourth-order valence-electron chi connectivity index (χ4n) is 4.43. The number of rotatable bonds is 22. The second kappa shape index (κ2) is 18.1. The Balaban J connectivity index is 4.80. The van der Waals surface area contributed by atoms with Gasteiger partial charge in [-0.05, 0) is 31.4 Å². The lowest BCUT2D eigenvalue weighted by Crippen LogP contribution is -2.59. The highest BCUT2D eigenvalue weighted by Gasteiger charge is 2.46. The lowest BCUT2D eigenvalue weighted by Gasteiger charge is -2.42. The molecular formula is C26H54O3Si2. The first-order chi connectivity index (χ1) is 14.7. The second-order valence-electron chi connectivity index (χ2n) is 10.5. The van der Waals surface area contributed by atoms with Crippen LogP contribution in [0.1, 0.15) is 110 Å². The Bertz CT molecular complexity index is 456. The van der Waals surface area contributed by atoms with E-state index in [1.807, 2.05) is 0 Å². The zero-order valence-corrected chi connectivity index (χ0v) is 23.7. The summed E-state index contributed by atoms with van der Waals surface area (Å²) in [7, 11) is -3.12. The van der Waals surface area contributed by atoms with Gasteiger partial charge in [0.2, 0.25) is 0 Å². The molecule has 1 N–H and O–H groups in total. The van der Waals surface area contributed by atoms with Crippen molar-refractivity contribution in [2.45, 2.75) is 142 Å². The molecule has 0 aliphatic heterocycles. The largest absolute Gasteiger partial charge is 0.478 e. The van der Waals surface area contributed by atoms with E-state index >= 15 is 0 Å². The number of unbranched alkanes of at least 4 members (excludes halogenated alkanes) is 11. The summed E-state index contributed by atoms with van der Waals surface area (Å²) in [5.74, 6) is -0.863. The van der Waals surface area contributed by atoms with E-state index in [2.05, 4.69) is 40.1 Å². The maximum absolute atomic E-state index is 11.0. The Kier molecular flexibility index (Phi) is 17.8. The molecule has 0 atom stereocenters.